The van der Waals surface area contributed by atoms with E-state index in [1.807, 2.05) is 36.6 Å². The van der Waals surface area contributed by atoms with Gasteiger partial charge in [-0.3, -0.25) is 4.79 Å². The number of carbonyl (C=O) groups is 1. The van der Waals surface area contributed by atoms with E-state index in [1.165, 1.54) is 25.8 Å². The number of piperidine rings is 1. The minimum absolute atomic E-state index is 0.0247. The van der Waals surface area contributed by atoms with E-state index in [4.69, 9.17) is 4.74 Å². The van der Waals surface area contributed by atoms with Crippen molar-refractivity contribution < 1.29 is 9.53 Å². The van der Waals surface area contributed by atoms with Crippen molar-refractivity contribution in [1.29, 1.82) is 0 Å². The lowest BCUT2D eigenvalue weighted by Crippen LogP contribution is -2.39. The van der Waals surface area contributed by atoms with Crippen LogP contribution < -0.4 is 10.1 Å². The van der Waals surface area contributed by atoms with Crippen molar-refractivity contribution in [3.8, 4) is 5.75 Å². The van der Waals surface area contributed by atoms with Gasteiger partial charge in [0.1, 0.15) is 12.4 Å². The molecule has 3 rings (SSSR count). The molecule has 1 aliphatic rings. The summed E-state index contributed by atoms with van der Waals surface area (Å²) in [7, 11) is 0. The SMILES string of the molecule is Cc1nc(COc2ccc(C(=O)NCCCN3CCCC[C@H]3C)cc2)cs1. The average molecular weight is 388 g/mol. The number of amides is 1. The van der Waals surface area contributed by atoms with E-state index in [9.17, 15) is 4.79 Å². The van der Waals surface area contributed by atoms with Crippen LogP contribution in [0.1, 0.15) is 53.7 Å². The monoisotopic (exact) mass is 387 g/mol. The Labute approximate surface area is 165 Å². The smallest absolute Gasteiger partial charge is 0.251 e. The molecule has 1 fully saturated rings. The van der Waals surface area contributed by atoms with Gasteiger partial charge in [-0.25, -0.2) is 4.98 Å². The van der Waals surface area contributed by atoms with Crippen molar-refractivity contribution >= 4 is 17.2 Å². The number of hydrogen-bond acceptors (Lipinski definition) is 5. The summed E-state index contributed by atoms with van der Waals surface area (Å²) in [6.07, 6.45) is 4.93. The van der Waals surface area contributed by atoms with Gasteiger partial charge in [0.25, 0.3) is 5.91 Å². The standard InChI is InChI=1S/C21H29N3O2S/c1-16-6-3-4-12-24(16)13-5-11-22-21(25)18-7-9-20(10-8-18)26-14-19-15-27-17(2)23-19/h7-10,15-16H,3-6,11-14H2,1-2H3,(H,22,25)/t16-/m1/s1. The molecule has 0 unspecified atom stereocenters. The quantitative estimate of drug-likeness (QED) is 0.695. The molecule has 1 atom stereocenters. The fourth-order valence-corrected chi connectivity index (χ4v) is 4.01. The van der Waals surface area contributed by atoms with Crippen LogP contribution in [0, 0.1) is 6.92 Å². The molecule has 1 N–H and O–H groups in total. The van der Waals surface area contributed by atoms with Crippen LogP contribution in [0.4, 0.5) is 0 Å². The number of nitrogens with one attached hydrogen (secondary N) is 1. The number of rotatable bonds is 8. The van der Waals surface area contributed by atoms with Crippen molar-refractivity contribution in [3.05, 3.63) is 45.9 Å². The topological polar surface area (TPSA) is 54.5 Å². The predicted octanol–water partition coefficient (Wildman–Crippen LogP) is 4.02. The third-order valence-corrected chi connectivity index (χ3v) is 5.84. The van der Waals surface area contributed by atoms with Crippen molar-refractivity contribution in [3.63, 3.8) is 0 Å². The fraction of sp³-hybridized carbons (Fsp3) is 0.524. The minimum atomic E-state index is -0.0247. The number of aromatic nitrogens is 1. The van der Waals surface area contributed by atoms with Crippen LogP contribution in [-0.4, -0.2) is 41.5 Å². The molecule has 1 aliphatic heterocycles. The summed E-state index contributed by atoms with van der Waals surface area (Å²) in [4.78, 5) is 19.2. The largest absolute Gasteiger partial charge is 0.487 e. The summed E-state index contributed by atoms with van der Waals surface area (Å²) in [5.41, 5.74) is 1.60. The van der Waals surface area contributed by atoms with Gasteiger partial charge in [0.05, 0.1) is 10.7 Å². The van der Waals surface area contributed by atoms with Crippen molar-refractivity contribution in [2.24, 2.45) is 0 Å². The highest BCUT2D eigenvalue weighted by atomic mass is 32.1. The van der Waals surface area contributed by atoms with Gasteiger partial charge in [0.15, 0.2) is 0 Å². The molecule has 27 heavy (non-hydrogen) atoms. The molecular weight excluding hydrogens is 358 g/mol. The number of carbonyl (C=O) groups excluding carboxylic acids is 1. The molecule has 0 spiro atoms. The maximum atomic E-state index is 12.3. The van der Waals surface area contributed by atoms with E-state index in [-0.39, 0.29) is 5.91 Å². The highest BCUT2D eigenvalue weighted by Gasteiger charge is 2.17. The van der Waals surface area contributed by atoms with Gasteiger partial charge in [-0.2, -0.15) is 0 Å². The third kappa shape index (κ3) is 6.04. The Morgan fingerprint density at radius 3 is 2.85 bits per heavy atom. The molecule has 1 aromatic carbocycles. The van der Waals surface area contributed by atoms with E-state index in [1.54, 1.807) is 11.3 Å². The average Bonchev–Trinajstić information content (AvgIpc) is 3.10. The lowest BCUT2D eigenvalue weighted by atomic mass is 10.0. The molecule has 5 nitrogen and oxygen atoms in total. The number of aryl methyl sites for hydroxylation is 1. The molecule has 2 aromatic rings. The summed E-state index contributed by atoms with van der Waals surface area (Å²) in [5, 5.41) is 6.06. The first-order valence-electron chi connectivity index (χ1n) is 9.78. The van der Waals surface area contributed by atoms with Crippen LogP contribution in [-0.2, 0) is 6.61 Å². The second-order valence-corrected chi connectivity index (χ2v) is 8.22. The van der Waals surface area contributed by atoms with Gasteiger partial charge in [-0.15, -0.1) is 11.3 Å². The first kappa shape index (κ1) is 19.8. The summed E-state index contributed by atoms with van der Waals surface area (Å²) in [5.74, 6) is 0.722. The van der Waals surface area contributed by atoms with Gasteiger partial charge >= 0.3 is 0 Å². The molecule has 0 bridgehead atoms. The molecule has 146 valence electrons. The Kier molecular flexibility index (Phi) is 7.24. The van der Waals surface area contributed by atoms with Gasteiger partial charge in [0, 0.05) is 30.1 Å². The molecule has 1 aromatic heterocycles. The van der Waals surface area contributed by atoms with Crippen molar-refractivity contribution in [2.75, 3.05) is 19.6 Å². The van der Waals surface area contributed by atoms with Crippen molar-refractivity contribution in [2.45, 2.75) is 52.2 Å². The minimum Gasteiger partial charge on any atom is -0.487 e. The summed E-state index contributed by atoms with van der Waals surface area (Å²) in [6.45, 7) is 7.70. The van der Waals surface area contributed by atoms with E-state index >= 15 is 0 Å². The summed E-state index contributed by atoms with van der Waals surface area (Å²) >= 11 is 1.62. The Balaban J connectivity index is 1.38. The molecular formula is C21H29N3O2S. The van der Waals surface area contributed by atoms with Crippen LogP contribution in [0.15, 0.2) is 29.6 Å². The first-order chi connectivity index (χ1) is 13.1. The zero-order valence-electron chi connectivity index (χ0n) is 16.2. The molecule has 1 amide bonds. The van der Waals surface area contributed by atoms with E-state index in [0.29, 0.717) is 24.8 Å². The second-order valence-electron chi connectivity index (χ2n) is 7.16. The summed E-state index contributed by atoms with van der Waals surface area (Å²) < 4.78 is 5.72. The lowest BCUT2D eigenvalue weighted by Gasteiger charge is -2.33. The van der Waals surface area contributed by atoms with E-state index in [2.05, 4.69) is 22.1 Å². The van der Waals surface area contributed by atoms with Crippen LogP contribution in [0.5, 0.6) is 5.75 Å². The highest BCUT2D eigenvalue weighted by Crippen LogP contribution is 2.17. The first-order valence-corrected chi connectivity index (χ1v) is 10.7. The maximum absolute atomic E-state index is 12.3. The Morgan fingerprint density at radius 1 is 1.33 bits per heavy atom. The normalized spacial score (nSPS) is 17.6. The van der Waals surface area contributed by atoms with Gasteiger partial charge in [-0.05, 0) is 63.9 Å². The molecule has 0 radical (unpaired) electrons. The molecule has 2 heterocycles. The van der Waals surface area contributed by atoms with Crippen LogP contribution in [0.25, 0.3) is 0 Å². The third-order valence-electron chi connectivity index (χ3n) is 5.02. The van der Waals surface area contributed by atoms with Gasteiger partial charge in [0.2, 0.25) is 0 Å². The number of likely N-dealkylation sites (tertiary alicyclic amines) is 1. The fourth-order valence-electron chi connectivity index (χ4n) is 3.41. The number of ether oxygens (including phenoxy) is 1. The number of thiazole rings is 1. The molecule has 0 aliphatic carbocycles. The zero-order valence-corrected chi connectivity index (χ0v) is 17.1. The second kappa shape index (κ2) is 9.85. The highest BCUT2D eigenvalue weighted by molar-refractivity contribution is 7.09. The number of benzene rings is 1. The number of nitrogens with zero attached hydrogens (tertiary/aromatic N) is 2. The predicted molar refractivity (Wildman–Crippen MR) is 109 cm³/mol. The van der Waals surface area contributed by atoms with Crippen LogP contribution in [0.3, 0.4) is 0 Å². The van der Waals surface area contributed by atoms with E-state index < -0.39 is 0 Å². The number of hydrogen-bond donors (Lipinski definition) is 1. The molecule has 6 heteroatoms. The lowest BCUT2D eigenvalue weighted by molar-refractivity contribution is 0.0949. The van der Waals surface area contributed by atoms with Crippen molar-refractivity contribution in [1.82, 2.24) is 15.2 Å². The zero-order chi connectivity index (χ0) is 19.1. The van der Waals surface area contributed by atoms with Gasteiger partial charge in [-0.1, -0.05) is 6.42 Å². The maximum Gasteiger partial charge on any atom is 0.251 e. The van der Waals surface area contributed by atoms with Crippen LogP contribution in [0.2, 0.25) is 0 Å². The molecule has 1 saturated heterocycles. The Bertz CT molecular complexity index is 729. The Morgan fingerprint density at radius 2 is 2.15 bits per heavy atom. The van der Waals surface area contributed by atoms with E-state index in [0.717, 1.165) is 29.4 Å². The van der Waals surface area contributed by atoms with Crippen LogP contribution >= 0.6 is 11.3 Å². The molecule has 0 saturated carbocycles. The Hall–Kier alpha value is -1.92. The van der Waals surface area contributed by atoms with Gasteiger partial charge < -0.3 is 15.0 Å². The summed E-state index contributed by atoms with van der Waals surface area (Å²) in [6, 6.07) is 7.97.